The van der Waals surface area contributed by atoms with Gasteiger partial charge in [-0.25, -0.2) is 0 Å². The van der Waals surface area contributed by atoms with Crippen LogP contribution in [0.25, 0.3) is 10.8 Å². The van der Waals surface area contributed by atoms with E-state index in [1.165, 1.54) is 36.0 Å². The minimum atomic E-state index is 0. The van der Waals surface area contributed by atoms with E-state index in [9.17, 15) is 0 Å². The SMILES string of the molecule is Cl.c1ccc2c(CCN3CCNCC3)cccc2c1. The Labute approximate surface area is 121 Å². The molecule has 1 N–H and O–H groups in total. The van der Waals surface area contributed by atoms with E-state index in [0.29, 0.717) is 0 Å². The van der Waals surface area contributed by atoms with Gasteiger partial charge in [0.25, 0.3) is 0 Å². The van der Waals surface area contributed by atoms with Crippen LogP contribution in [-0.4, -0.2) is 37.6 Å². The van der Waals surface area contributed by atoms with Crippen LogP contribution < -0.4 is 5.32 Å². The van der Waals surface area contributed by atoms with Crippen molar-refractivity contribution in [3.8, 4) is 0 Å². The summed E-state index contributed by atoms with van der Waals surface area (Å²) in [7, 11) is 0. The first-order valence-corrected chi connectivity index (χ1v) is 6.83. The highest BCUT2D eigenvalue weighted by Crippen LogP contribution is 2.19. The van der Waals surface area contributed by atoms with E-state index < -0.39 is 0 Å². The van der Waals surface area contributed by atoms with Crippen LogP contribution in [0.5, 0.6) is 0 Å². The van der Waals surface area contributed by atoms with Crippen molar-refractivity contribution in [3.63, 3.8) is 0 Å². The van der Waals surface area contributed by atoms with Crippen LogP contribution in [0.3, 0.4) is 0 Å². The van der Waals surface area contributed by atoms with Crippen molar-refractivity contribution in [1.29, 1.82) is 0 Å². The Balaban J connectivity index is 0.00000133. The average molecular weight is 277 g/mol. The van der Waals surface area contributed by atoms with Crippen molar-refractivity contribution in [2.45, 2.75) is 6.42 Å². The minimum Gasteiger partial charge on any atom is -0.314 e. The molecule has 19 heavy (non-hydrogen) atoms. The molecule has 1 saturated heterocycles. The van der Waals surface area contributed by atoms with Crippen LogP contribution in [0.4, 0.5) is 0 Å². The molecule has 3 rings (SSSR count). The van der Waals surface area contributed by atoms with Crippen molar-refractivity contribution in [1.82, 2.24) is 10.2 Å². The molecule has 1 heterocycles. The first-order chi connectivity index (χ1) is 8.93. The van der Waals surface area contributed by atoms with E-state index in [-0.39, 0.29) is 12.4 Å². The summed E-state index contributed by atoms with van der Waals surface area (Å²) in [6.07, 6.45) is 1.15. The molecule has 1 aliphatic heterocycles. The van der Waals surface area contributed by atoms with Crippen LogP contribution >= 0.6 is 12.4 Å². The molecule has 0 amide bonds. The highest BCUT2D eigenvalue weighted by molar-refractivity contribution is 5.86. The van der Waals surface area contributed by atoms with Crippen LogP contribution in [0.2, 0.25) is 0 Å². The van der Waals surface area contributed by atoms with Crippen LogP contribution in [0, 0.1) is 0 Å². The molecule has 0 unspecified atom stereocenters. The van der Waals surface area contributed by atoms with Gasteiger partial charge in [-0.05, 0) is 22.8 Å². The molecule has 0 atom stereocenters. The Hall–Kier alpha value is -1.09. The molecule has 0 saturated carbocycles. The van der Waals surface area contributed by atoms with Crippen molar-refractivity contribution in [2.75, 3.05) is 32.7 Å². The number of nitrogens with zero attached hydrogens (tertiary/aromatic N) is 1. The van der Waals surface area contributed by atoms with Gasteiger partial charge in [0, 0.05) is 32.7 Å². The summed E-state index contributed by atoms with van der Waals surface area (Å²) in [6, 6.07) is 15.3. The molecule has 0 radical (unpaired) electrons. The molecule has 0 aliphatic carbocycles. The molecular formula is C16H21ClN2. The second-order valence-electron chi connectivity index (χ2n) is 4.98. The van der Waals surface area contributed by atoms with E-state index in [0.717, 1.165) is 19.5 Å². The lowest BCUT2D eigenvalue weighted by atomic mass is 10.0. The molecule has 1 aliphatic rings. The number of fused-ring (bicyclic) bond motifs is 1. The second kappa shape index (κ2) is 6.90. The van der Waals surface area contributed by atoms with Crippen molar-refractivity contribution < 1.29 is 0 Å². The number of nitrogens with one attached hydrogen (secondary N) is 1. The lowest BCUT2D eigenvalue weighted by Gasteiger charge is -2.27. The van der Waals surface area contributed by atoms with Gasteiger partial charge in [-0.1, -0.05) is 42.5 Å². The fourth-order valence-electron chi connectivity index (χ4n) is 2.72. The predicted octanol–water partition coefficient (Wildman–Crippen LogP) is 2.71. The first-order valence-electron chi connectivity index (χ1n) is 6.83. The molecule has 2 aromatic rings. The van der Waals surface area contributed by atoms with Crippen molar-refractivity contribution in [2.24, 2.45) is 0 Å². The first kappa shape index (κ1) is 14.3. The third-order valence-electron chi connectivity index (χ3n) is 3.79. The maximum absolute atomic E-state index is 3.40. The quantitative estimate of drug-likeness (QED) is 0.927. The van der Waals surface area contributed by atoms with Gasteiger partial charge in [-0.2, -0.15) is 0 Å². The Morgan fingerprint density at radius 3 is 2.53 bits per heavy atom. The number of halogens is 1. The van der Waals surface area contributed by atoms with Gasteiger partial charge in [0.2, 0.25) is 0 Å². The van der Waals surface area contributed by atoms with E-state index in [1.807, 2.05) is 0 Å². The summed E-state index contributed by atoms with van der Waals surface area (Å²) in [5, 5.41) is 6.17. The predicted molar refractivity (Wildman–Crippen MR) is 84.2 cm³/mol. The molecule has 102 valence electrons. The van der Waals surface area contributed by atoms with E-state index >= 15 is 0 Å². The average Bonchev–Trinajstić information content (AvgIpc) is 2.46. The van der Waals surface area contributed by atoms with Gasteiger partial charge in [0.05, 0.1) is 0 Å². The Morgan fingerprint density at radius 2 is 1.68 bits per heavy atom. The molecule has 3 heteroatoms. The lowest BCUT2D eigenvalue weighted by Crippen LogP contribution is -2.44. The molecule has 2 nitrogen and oxygen atoms in total. The lowest BCUT2D eigenvalue weighted by molar-refractivity contribution is 0.244. The van der Waals surface area contributed by atoms with Crippen LogP contribution in [0.1, 0.15) is 5.56 Å². The summed E-state index contributed by atoms with van der Waals surface area (Å²) in [4.78, 5) is 2.55. The van der Waals surface area contributed by atoms with E-state index in [2.05, 4.69) is 52.7 Å². The molecular weight excluding hydrogens is 256 g/mol. The summed E-state index contributed by atoms with van der Waals surface area (Å²) in [6.45, 7) is 5.82. The molecule has 0 bridgehead atoms. The van der Waals surface area contributed by atoms with Crippen molar-refractivity contribution >= 4 is 23.2 Å². The highest BCUT2D eigenvalue weighted by atomic mass is 35.5. The Morgan fingerprint density at radius 1 is 0.947 bits per heavy atom. The third-order valence-corrected chi connectivity index (χ3v) is 3.79. The third kappa shape index (κ3) is 3.47. The van der Waals surface area contributed by atoms with E-state index in [4.69, 9.17) is 0 Å². The summed E-state index contributed by atoms with van der Waals surface area (Å²) in [5.74, 6) is 0. The standard InChI is InChI=1S/C16H20N2.ClH/c1-2-7-16-14(4-1)5-3-6-15(16)8-11-18-12-9-17-10-13-18;/h1-7,17H,8-13H2;1H. The fraction of sp³-hybridized carbons (Fsp3) is 0.375. The molecule has 0 aromatic heterocycles. The Kier molecular flexibility index (Phi) is 5.20. The normalized spacial score (nSPS) is 16.2. The smallest absolute Gasteiger partial charge is 0.0108 e. The van der Waals surface area contributed by atoms with Gasteiger partial charge in [0.15, 0.2) is 0 Å². The van der Waals surface area contributed by atoms with Crippen molar-refractivity contribution in [3.05, 3.63) is 48.0 Å². The number of hydrogen-bond acceptors (Lipinski definition) is 2. The van der Waals surface area contributed by atoms with Gasteiger partial charge in [0.1, 0.15) is 0 Å². The summed E-state index contributed by atoms with van der Waals surface area (Å²) >= 11 is 0. The number of benzene rings is 2. The highest BCUT2D eigenvalue weighted by Gasteiger charge is 2.09. The number of piperazine rings is 1. The molecule has 1 fully saturated rings. The maximum atomic E-state index is 3.40. The zero-order valence-electron chi connectivity index (χ0n) is 11.1. The largest absolute Gasteiger partial charge is 0.314 e. The number of hydrogen-bond donors (Lipinski definition) is 1. The van der Waals surface area contributed by atoms with Crippen LogP contribution in [-0.2, 0) is 6.42 Å². The summed E-state index contributed by atoms with van der Waals surface area (Å²) in [5.41, 5.74) is 1.48. The molecule has 2 aromatic carbocycles. The van der Waals surface area contributed by atoms with Gasteiger partial charge in [-0.15, -0.1) is 12.4 Å². The topological polar surface area (TPSA) is 15.3 Å². The van der Waals surface area contributed by atoms with Gasteiger partial charge < -0.3 is 10.2 Å². The molecule has 0 spiro atoms. The van der Waals surface area contributed by atoms with Gasteiger partial charge >= 0.3 is 0 Å². The monoisotopic (exact) mass is 276 g/mol. The summed E-state index contributed by atoms with van der Waals surface area (Å²) < 4.78 is 0. The second-order valence-corrected chi connectivity index (χ2v) is 4.98. The zero-order chi connectivity index (χ0) is 12.2. The Bertz CT molecular complexity index is 516. The maximum Gasteiger partial charge on any atom is 0.0108 e. The zero-order valence-corrected chi connectivity index (χ0v) is 12.0. The fourth-order valence-corrected chi connectivity index (χ4v) is 2.72. The van der Waals surface area contributed by atoms with Crippen LogP contribution in [0.15, 0.2) is 42.5 Å². The van der Waals surface area contributed by atoms with Gasteiger partial charge in [-0.3, -0.25) is 0 Å². The van der Waals surface area contributed by atoms with E-state index in [1.54, 1.807) is 0 Å². The number of rotatable bonds is 3. The minimum absolute atomic E-state index is 0.